The molecular weight excluding hydrogens is 408 g/mol. The van der Waals surface area contributed by atoms with Gasteiger partial charge in [-0.05, 0) is 31.4 Å². The molecule has 1 fully saturated rings. The van der Waals surface area contributed by atoms with Crippen LogP contribution in [0.15, 0.2) is 42.6 Å². The van der Waals surface area contributed by atoms with Crippen LogP contribution < -0.4 is 10.6 Å². The number of esters is 1. The standard InChI is InChI=1S/C24H28N4O4/c1-15(14-31-2)26-18-11-19-20(27-23(29)17-9-10-17)21(24(30)32-3)28(22(19)25-12-18)13-16-7-5-4-6-8-16/h4-8,11-12,15,17,26H,9-10,13-14H2,1-3H3,(H,27,29). The third kappa shape index (κ3) is 4.60. The van der Waals surface area contributed by atoms with E-state index in [1.165, 1.54) is 7.11 Å². The summed E-state index contributed by atoms with van der Waals surface area (Å²) in [5, 5.41) is 7.02. The number of hydrogen-bond acceptors (Lipinski definition) is 6. The second-order valence-electron chi connectivity index (χ2n) is 8.15. The molecule has 1 aliphatic rings. The number of pyridine rings is 1. The molecule has 0 radical (unpaired) electrons. The Hall–Kier alpha value is -3.39. The summed E-state index contributed by atoms with van der Waals surface area (Å²) in [6, 6.07) is 11.8. The largest absolute Gasteiger partial charge is 0.464 e. The summed E-state index contributed by atoms with van der Waals surface area (Å²) in [6.07, 6.45) is 3.45. The van der Waals surface area contributed by atoms with Crippen molar-refractivity contribution in [1.82, 2.24) is 9.55 Å². The van der Waals surface area contributed by atoms with Gasteiger partial charge in [0.15, 0.2) is 5.69 Å². The lowest BCUT2D eigenvalue weighted by molar-refractivity contribution is -0.117. The van der Waals surface area contributed by atoms with Gasteiger partial charge in [0.25, 0.3) is 0 Å². The Kier molecular flexibility index (Phi) is 6.41. The van der Waals surface area contributed by atoms with Gasteiger partial charge in [-0.2, -0.15) is 0 Å². The van der Waals surface area contributed by atoms with Crippen molar-refractivity contribution in [3.8, 4) is 0 Å². The number of nitrogens with zero attached hydrogens (tertiary/aromatic N) is 2. The van der Waals surface area contributed by atoms with E-state index in [4.69, 9.17) is 9.47 Å². The molecule has 2 aromatic heterocycles. The maximum atomic E-state index is 12.9. The molecule has 1 atom stereocenters. The second-order valence-corrected chi connectivity index (χ2v) is 8.15. The fourth-order valence-electron chi connectivity index (χ4n) is 3.81. The number of rotatable bonds is 9. The quantitative estimate of drug-likeness (QED) is 0.497. The molecule has 1 aliphatic carbocycles. The van der Waals surface area contributed by atoms with Gasteiger partial charge in [0, 0.05) is 31.0 Å². The van der Waals surface area contributed by atoms with Crippen molar-refractivity contribution in [1.29, 1.82) is 0 Å². The molecule has 8 nitrogen and oxygen atoms in total. The topological polar surface area (TPSA) is 94.5 Å². The maximum absolute atomic E-state index is 12.9. The first kappa shape index (κ1) is 21.8. The van der Waals surface area contributed by atoms with Gasteiger partial charge in [0.2, 0.25) is 5.91 Å². The van der Waals surface area contributed by atoms with Crippen LogP contribution >= 0.6 is 0 Å². The van der Waals surface area contributed by atoms with Crippen LogP contribution in [0.5, 0.6) is 0 Å². The monoisotopic (exact) mass is 436 g/mol. The van der Waals surface area contributed by atoms with Crippen LogP contribution in [-0.2, 0) is 20.8 Å². The van der Waals surface area contributed by atoms with Crippen molar-refractivity contribution in [3.63, 3.8) is 0 Å². The highest BCUT2D eigenvalue weighted by Crippen LogP contribution is 2.36. The van der Waals surface area contributed by atoms with Crippen molar-refractivity contribution in [3.05, 3.63) is 53.9 Å². The summed E-state index contributed by atoms with van der Waals surface area (Å²) in [5.41, 5.74) is 3.11. The van der Waals surface area contributed by atoms with Gasteiger partial charge in [0.1, 0.15) is 5.65 Å². The number of carbonyl (C=O) groups is 2. The highest BCUT2D eigenvalue weighted by Gasteiger charge is 2.33. The molecule has 8 heteroatoms. The van der Waals surface area contributed by atoms with Crippen LogP contribution in [0.4, 0.5) is 11.4 Å². The van der Waals surface area contributed by atoms with Gasteiger partial charge >= 0.3 is 5.97 Å². The van der Waals surface area contributed by atoms with Gasteiger partial charge in [-0.15, -0.1) is 0 Å². The number of amides is 1. The molecule has 1 unspecified atom stereocenters. The number of anilines is 2. The van der Waals surface area contributed by atoms with Gasteiger partial charge in [-0.3, -0.25) is 4.79 Å². The lowest BCUT2D eigenvalue weighted by atomic mass is 10.2. The summed E-state index contributed by atoms with van der Waals surface area (Å²) in [6.45, 7) is 2.95. The Morgan fingerprint density at radius 1 is 1.22 bits per heavy atom. The van der Waals surface area contributed by atoms with E-state index in [1.54, 1.807) is 17.9 Å². The van der Waals surface area contributed by atoms with Crippen molar-refractivity contribution in [2.24, 2.45) is 5.92 Å². The number of aromatic nitrogens is 2. The molecule has 0 aliphatic heterocycles. The Labute approximate surface area is 186 Å². The van der Waals surface area contributed by atoms with Gasteiger partial charge < -0.3 is 24.7 Å². The van der Waals surface area contributed by atoms with Crippen molar-refractivity contribution in [2.45, 2.75) is 32.4 Å². The number of nitrogens with one attached hydrogen (secondary N) is 2. The van der Waals surface area contributed by atoms with E-state index in [9.17, 15) is 9.59 Å². The Balaban J connectivity index is 1.85. The van der Waals surface area contributed by atoms with E-state index in [0.717, 1.165) is 24.1 Å². The molecule has 2 heterocycles. The molecule has 168 valence electrons. The van der Waals surface area contributed by atoms with Crippen LogP contribution in [0.3, 0.4) is 0 Å². The zero-order valence-electron chi connectivity index (χ0n) is 18.6. The predicted molar refractivity (Wildman–Crippen MR) is 123 cm³/mol. The van der Waals surface area contributed by atoms with Crippen molar-refractivity contribution in [2.75, 3.05) is 31.5 Å². The number of ether oxygens (including phenoxy) is 2. The number of fused-ring (bicyclic) bond motifs is 1. The van der Waals surface area contributed by atoms with Crippen molar-refractivity contribution >= 4 is 34.3 Å². The lowest BCUT2D eigenvalue weighted by Gasteiger charge is -2.14. The van der Waals surface area contributed by atoms with Crippen LogP contribution in [0.2, 0.25) is 0 Å². The van der Waals surface area contributed by atoms with E-state index >= 15 is 0 Å². The maximum Gasteiger partial charge on any atom is 0.356 e. The van der Waals surface area contributed by atoms with Gasteiger partial charge in [0.05, 0.1) is 31.3 Å². The van der Waals surface area contributed by atoms with E-state index in [1.807, 2.05) is 43.3 Å². The van der Waals surface area contributed by atoms with Crippen LogP contribution in [-0.4, -0.2) is 48.3 Å². The Morgan fingerprint density at radius 2 is 1.97 bits per heavy atom. The molecule has 1 amide bonds. The first-order valence-corrected chi connectivity index (χ1v) is 10.7. The Morgan fingerprint density at radius 3 is 2.62 bits per heavy atom. The Bertz CT molecular complexity index is 1120. The fraction of sp³-hybridized carbons (Fsp3) is 0.375. The van der Waals surface area contributed by atoms with E-state index in [2.05, 4.69) is 15.6 Å². The highest BCUT2D eigenvalue weighted by molar-refractivity contribution is 6.11. The minimum absolute atomic E-state index is 0.0102. The molecule has 0 bridgehead atoms. The zero-order valence-corrected chi connectivity index (χ0v) is 18.6. The number of hydrogen-bond donors (Lipinski definition) is 2. The fourth-order valence-corrected chi connectivity index (χ4v) is 3.81. The first-order chi connectivity index (χ1) is 15.5. The molecule has 1 saturated carbocycles. The molecule has 32 heavy (non-hydrogen) atoms. The van der Waals surface area contributed by atoms with Crippen LogP contribution in [0.25, 0.3) is 11.0 Å². The molecule has 3 aromatic rings. The molecule has 2 N–H and O–H groups in total. The van der Waals surface area contributed by atoms with E-state index in [-0.39, 0.29) is 23.6 Å². The normalized spacial score (nSPS) is 14.2. The average Bonchev–Trinajstić information content (AvgIpc) is 3.60. The third-order valence-corrected chi connectivity index (χ3v) is 5.49. The van der Waals surface area contributed by atoms with E-state index < -0.39 is 5.97 Å². The lowest BCUT2D eigenvalue weighted by Crippen LogP contribution is -2.20. The van der Waals surface area contributed by atoms with Gasteiger partial charge in [-0.1, -0.05) is 30.3 Å². The summed E-state index contributed by atoms with van der Waals surface area (Å²) in [7, 11) is 2.99. The molecule has 1 aromatic carbocycles. The minimum Gasteiger partial charge on any atom is -0.464 e. The smallest absolute Gasteiger partial charge is 0.356 e. The molecule has 4 rings (SSSR count). The second kappa shape index (κ2) is 9.40. The minimum atomic E-state index is -0.521. The summed E-state index contributed by atoms with van der Waals surface area (Å²) in [5.74, 6) is -0.615. The van der Waals surface area contributed by atoms with Crippen molar-refractivity contribution < 1.29 is 19.1 Å². The first-order valence-electron chi connectivity index (χ1n) is 10.7. The summed E-state index contributed by atoms with van der Waals surface area (Å²) >= 11 is 0. The summed E-state index contributed by atoms with van der Waals surface area (Å²) < 4.78 is 12.1. The summed E-state index contributed by atoms with van der Waals surface area (Å²) in [4.78, 5) is 30.2. The predicted octanol–water partition coefficient (Wildman–Crippen LogP) is 3.67. The third-order valence-electron chi connectivity index (χ3n) is 5.49. The SMILES string of the molecule is COCC(C)Nc1cnc2c(c1)c(NC(=O)C1CC1)c(C(=O)OC)n2Cc1ccccc1. The van der Waals surface area contributed by atoms with Crippen LogP contribution in [0.1, 0.15) is 35.8 Å². The van der Waals surface area contributed by atoms with Gasteiger partial charge in [-0.25, -0.2) is 9.78 Å². The number of methoxy groups -OCH3 is 2. The highest BCUT2D eigenvalue weighted by atomic mass is 16.5. The molecular formula is C24H28N4O4. The van der Waals surface area contributed by atoms with E-state index in [0.29, 0.717) is 29.9 Å². The number of carbonyl (C=O) groups excluding carboxylic acids is 2. The zero-order chi connectivity index (χ0) is 22.7. The number of benzene rings is 1. The average molecular weight is 437 g/mol. The molecule has 0 saturated heterocycles. The van der Waals surface area contributed by atoms with Crippen LogP contribution in [0, 0.1) is 5.92 Å². The molecule has 0 spiro atoms.